The minimum Gasteiger partial charge on any atom is -0.493 e. The highest BCUT2D eigenvalue weighted by Crippen LogP contribution is 2.30. The van der Waals surface area contributed by atoms with Crippen molar-refractivity contribution < 1.29 is 9.84 Å². The van der Waals surface area contributed by atoms with Crippen LogP contribution in [-0.4, -0.2) is 18.3 Å². The van der Waals surface area contributed by atoms with E-state index in [4.69, 9.17) is 15.6 Å². The van der Waals surface area contributed by atoms with Gasteiger partial charge in [-0.2, -0.15) is 0 Å². The molecule has 1 aliphatic rings. The number of fused-ring (bicyclic) bond motifs is 1. The monoisotopic (exact) mass is 221 g/mol. The Bertz CT molecular complexity index is 352. The standard InChI is InChI=1S/C13H19NO2/c14-13-4-1-3-10-5-6-11(9-12(10)13)16-8-2-7-15/h5-6,9,13,15H,1-4,7-8,14H2/t13-/m0/s1. The zero-order valence-electron chi connectivity index (χ0n) is 9.48. The van der Waals surface area contributed by atoms with Gasteiger partial charge in [-0.1, -0.05) is 6.07 Å². The van der Waals surface area contributed by atoms with Crippen LogP contribution in [0.4, 0.5) is 0 Å². The molecule has 2 rings (SSSR count). The van der Waals surface area contributed by atoms with E-state index < -0.39 is 0 Å². The molecule has 0 saturated carbocycles. The normalized spacial score (nSPS) is 19.2. The van der Waals surface area contributed by atoms with E-state index in [-0.39, 0.29) is 12.6 Å². The van der Waals surface area contributed by atoms with Crippen molar-refractivity contribution in [3.8, 4) is 5.75 Å². The van der Waals surface area contributed by atoms with Crippen molar-refractivity contribution in [3.05, 3.63) is 29.3 Å². The van der Waals surface area contributed by atoms with Crippen LogP contribution in [0.25, 0.3) is 0 Å². The smallest absolute Gasteiger partial charge is 0.119 e. The Morgan fingerprint density at radius 2 is 2.31 bits per heavy atom. The summed E-state index contributed by atoms with van der Waals surface area (Å²) in [5.41, 5.74) is 8.66. The third kappa shape index (κ3) is 2.54. The summed E-state index contributed by atoms with van der Waals surface area (Å²) in [6.07, 6.45) is 4.04. The van der Waals surface area contributed by atoms with Crippen LogP contribution in [0.15, 0.2) is 18.2 Å². The number of aliphatic hydroxyl groups is 1. The van der Waals surface area contributed by atoms with Crippen LogP contribution in [0.5, 0.6) is 5.75 Å². The fraction of sp³-hybridized carbons (Fsp3) is 0.538. The van der Waals surface area contributed by atoms with Gasteiger partial charge in [0.15, 0.2) is 0 Å². The Labute approximate surface area is 96.2 Å². The maximum Gasteiger partial charge on any atom is 0.119 e. The number of nitrogens with two attached hydrogens (primary N) is 1. The molecule has 1 atom stereocenters. The summed E-state index contributed by atoms with van der Waals surface area (Å²) < 4.78 is 5.55. The van der Waals surface area contributed by atoms with E-state index in [1.165, 1.54) is 17.5 Å². The molecule has 88 valence electrons. The Balaban J connectivity index is 2.08. The highest BCUT2D eigenvalue weighted by Gasteiger charge is 2.16. The van der Waals surface area contributed by atoms with Gasteiger partial charge in [0, 0.05) is 19.1 Å². The SMILES string of the molecule is N[C@H]1CCCc2ccc(OCCCO)cc21. The van der Waals surface area contributed by atoms with Gasteiger partial charge in [0.1, 0.15) is 5.75 Å². The molecule has 0 heterocycles. The van der Waals surface area contributed by atoms with Gasteiger partial charge in [0.05, 0.1) is 6.61 Å². The lowest BCUT2D eigenvalue weighted by atomic mass is 9.88. The predicted molar refractivity (Wildman–Crippen MR) is 63.5 cm³/mol. The van der Waals surface area contributed by atoms with E-state index in [0.717, 1.165) is 18.6 Å². The molecule has 0 fully saturated rings. The van der Waals surface area contributed by atoms with Gasteiger partial charge in [-0.3, -0.25) is 0 Å². The lowest BCUT2D eigenvalue weighted by Crippen LogP contribution is -2.17. The van der Waals surface area contributed by atoms with E-state index in [2.05, 4.69) is 12.1 Å². The van der Waals surface area contributed by atoms with Gasteiger partial charge >= 0.3 is 0 Å². The summed E-state index contributed by atoms with van der Waals surface area (Å²) in [5.74, 6) is 0.865. The topological polar surface area (TPSA) is 55.5 Å². The molecule has 1 aromatic rings. The van der Waals surface area contributed by atoms with Crippen molar-refractivity contribution in [1.82, 2.24) is 0 Å². The van der Waals surface area contributed by atoms with Crippen LogP contribution in [0, 0.1) is 0 Å². The first kappa shape index (κ1) is 11.4. The minimum absolute atomic E-state index is 0.158. The first-order valence-electron chi connectivity index (χ1n) is 5.93. The van der Waals surface area contributed by atoms with Crippen LogP contribution >= 0.6 is 0 Å². The number of aliphatic hydroxyl groups excluding tert-OH is 1. The highest BCUT2D eigenvalue weighted by atomic mass is 16.5. The number of benzene rings is 1. The third-order valence-electron chi connectivity index (χ3n) is 3.05. The molecule has 0 aliphatic heterocycles. The maximum atomic E-state index is 8.68. The van der Waals surface area contributed by atoms with E-state index >= 15 is 0 Å². The Hall–Kier alpha value is -1.06. The lowest BCUT2D eigenvalue weighted by molar-refractivity contribution is 0.233. The zero-order chi connectivity index (χ0) is 11.4. The number of hydrogen-bond acceptors (Lipinski definition) is 3. The average Bonchev–Trinajstić information content (AvgIpc) is 2.30. The molecule has 0 bridgehead atoms. The predicted octanol–water partition coefficient (Wildman–Crippen LogP) is 1.78. The van der Waals surface area contributed by atoms with Gasteiger partial charge in [-0.25, -0.2) is 0 Å². The molecule has 0 saturated heterocycles. The largest absolute Gasteiger partial charge is 0.493 e. The van der Waals surface area contributed by atoms with Crippen molar-refractivity contribution in [2.75, 3.05) is 13.2 Å². The molecule has 0 radical (unpaired) electrons. The Morgan fingerprint density at radius 1 is 1.44 bits per heavy atom. The summed E-state index contributed by atoms with van der Waals surface area (Å²) in [7, 11) is 0. The van der Waals surface area contributed by atoms with E-state index in [1.807, 2.05) is 6.07 Å². The summed E-state index contributed by atoms with van der Waals surface area (Å²) in [5, 5.41) is 8.68. The molecule has 0 aromatic heterocycles. The number of ether oxygens (including phenoxy) is 1. The molecule has 0 amide bonds. The van der Waals surface area contributed by atoms with Crippen molar-refractivity contribution in [3.63, 3.8) is 0 Å². The number of hydrogen-bond donors (Lipinski definition) is 2. The van der Waals surface area contributed by atoms with Crippen LogP contribution in [0.2, 0.25) is 0 Å². The number of aryl methyl sites for hydroxylation is 1. The molecule has 1 aliphatic carbocycles. The summed E-state index contributed by atoms with van der Waals surface area (Å²) >= 11 is 0. The van der Waals surface area contributed by atoms with Crippen molar-refractivity contribution in [1.29, 1.82) is 0 Å². The molecular formula is C13H19NO2. The number of rotatable bonds is 4. The average molecular weight is 221 g/mol. The van der Waals surface area contributed by atoms with Crippen LogP contribution in [0.1, 0.15) is 36.4 Å². The lowest BCUT2D eigenvalue weighted by Gasteiger charge is -2.22. The van der Waals surface area contributed by atoms with Crippen molar-refractivity contribution >= 4 is 0 Å². The fourth-order valence-electron chi connectivity index (χ4n) is 2.16. The van der Waals surface area contributed by atoms with Crippen molar-refractivity contribution in [2.24, 2.45) is 5.73 Å². The minimum atomic E-state index is 0.158. The molecule has 3 nitrogen and oxygen atoms in total. The van der Waals surface area contributed by atoms with Gasteiger partial charge < -0.3 is 15.6 Å². The van der Waals surface area contributed by atoms with Gasteiger partial charge in [0.2, 0.25) is 0 Å². The van der Waals surface area contributed by atoms with Crippen LogP contribution in [0.3, 0.4) is 0 Å². The second-order valence-corrected chi connectivity index (χ2v) is 4.28. The van der Waals surface area contributed by atoms with E-state index in [0.29, 0.717) is 13.0 Å². The van der Waals surface area contributed by atoms with Crippen molar-refractivity contribution in [2.45, 2.75) is 31.7 Å². The van der Waals surface area contributed by atoms with Crippen LogP contribution < -0.4 is 10.5 Å². The van der Waals surface area contributed by atoms with E-state index in [9.17, 15) is 0 Å². The van der Waals surface area contributed by atoms with Gasteiger partial charge in [-0.15, -0.1) is 0 Å². The molecule has 3 heteroatoms. The molecule has 3 N–H and O–H groups in total. The van der Waals surface area contributed by atoms with Gasteiger partial charge in [0.25, 0.3) is 0 Å². The van der Waals surface area contributed by atoms with Crippen LogP contribution in [-0.2, 0) is 6.42 Å². The Kier molecular flexibility index (Phi) is 3.80. The maximum absolute atomic E-state index is 8.68. The second-order valence-electron chi connectivity index (χ2n) is 4.28. The molecule has 0 spiro atoms. The first-order chi connectivity index (χ1) is 7.81. The molecular weight excluding hydrogens is 202 g/mol. The molecule has 1 aromatic carbocycles. The summed E-state index contributed by atoms with van der Waals surface area (Å²) in [4.78, 5) is 0. The highest BCUT2D eigenvalue weighted by molar-refractivity contribution is 5.39. The summed E-state index contributed by atoms with van der Waals surface area (Å²) in [6, 6.07) is 6.32. The summed E-state index contributed by atoms with van der Waals surface area (Å²) in [6.45, 7) is 0.731. The van der Waals surface area contributed by atoms with Gasteiger partial charge in [-0.05, 0) is 42.5 Å². The zero-order valence-corrected chi connectivity index (χ0v) is 9.48. The molecule has 0 unspecified atom stereocenters. The fourth-order valence-corrected chi connectivity index (χ4v) is 2.16. The molecule has 16 heavy (non-hydrogen) atoms. The van der Waals surface area contributed by atoms with E-state index in [1.54, 1.807) is 0 Å². The second kappa shape index (κ2) is 5.32. The third-order valence-corrected chi connectivity index (χ3v) is 3.05. The quantitative estimate of drug-likeness (QED) is 0.762. The first-order valence-corrected chi connectivity index (χ1v) is 5.93. The Morgan fingerprint density at radius 3 is 3.12 bits per heavy atom.